The molecule has 0 rings (SSSR count). The van der Waals surface area contributed by atoms with Gasteiger partial charge < -0.3 is 44.7 Å². The van der Waals surface area contributed by atoms with E-state index in [1.807, 2.05) is 0 Å². The molecule has 0 radical (unpaired) electrons. The molecule has 214 valence electrons. The molecule has 0 aliphatic rings. The molecule has 14 nitrogen and oxygen atoms in total. The van der Waals surface area contributed by atoms with Gasteiger partial charge in [-0.15, -0.1) is 0 Å². The van der Waals surface area contributed by atoms with Crippen molar-refractivity contribution in [3.8, 4) is 0 Å². The van der Waals surface area contributed by atoms with Crippen molar-refractivity contribution in [3.05, 3.63) is 0 Å². The summed E-state index contributed by atoms with van der Waals surface area (Å²) in [4.78, 5) is 58.0. The predicted molar refractivity (Wildman–Crippen MR) is 129 cm³/mol. The molecule has 4 N–H and O–H groups in total. The molecule has 0 saturated carbocycles. The molecule has 0 aromatic carbocycles. The standard InChI is InChI=1S/C23H41N3O11/c1-23(2,3)37-22(32)26-10-14-35-20(30)6-4-18(28)25-9-13-34-16-17-36-21(31)7-5-19(29)24-8-12-33-15-11-27/h27H,4-17H2,1-3H3,(H,24,29)(H,25,28)(H,26,32). The van der Waals surface area contributed by atoms with Gasteiger partial charge in [-0.3, -0.25) is 19.2 Å². The molecule has 0 heterocycles. The van der Waals surface area contributed by atoms with Crippen LogP contribution in [0.15, 0.2) is 0 Å². The van der Waals surface area contributed by atoms with E-state index in [1.165, 1.54) is 0 Å². The second-order valence-corrected chi connectivity index (χ2v) is 8.52. The maximum absolute atomic E-state index is 11.8. The van der Waals surface area contributed by atoms with Crippen molar-refractivity contribution in [2.45, 2.75) is 52.1 Å². The van der Waals surface area contributed by atoms with Crippen molar-refractivity contribution < 1.29 is 52.8 Å². The summed E-state index contributed by atoms with van der Waals surface area (Å²) in [6, 6.07) is 0. The minimum atomic E-state index is -0.620. The first-order valence-electron chi connectivity index (χ1n) is 12.1. The Labute approximate surface area is 217 Å². The SMILES string of the molecule is CC(C)(C)OC(=O)NCCOC(=O)CCC(=O)NCCOCCOC(=O)CCC(=O)NCCOCCO. The van der Waals surface area contributed by atoms with E-state index >= 15 is 0 Å². The Balaban J connectivity index is 3.59. The number of ether oxygens (including phenoxy) is 5. The van der Waals surface area contributed by atoms with Crippen molar-refractivity contribution in [3.63, 3.8) is 0 Å². The van der Waals surface area contributed by atoms with Crippen LogP contribution in [0, 0.1) is 0 Å². The summed E-state index contributed by atoms with van der Waals surface area (Å²) >= 11 is 0. The summed E-state index contributed by atoms with van der Waals surface area (Å²) in [7, 11) is 0. The lowest BCUT2D eigenvalue weighted by atomic mass is 10.2. The molecule has 14 heteroatoms. The van der Waals surface area contributed by atoms with E-state index in [2.05, 4.69) is 16.0 Å². The second-order valence-electron chi connectivity index (χ2n) is 8.52. The number of rotatable bonds is 20. The van der Waals surface area contributed by atoms with Crippen LogP contribution in [0.3, 0.4) is 0 Å². The van der Waals surface area contributed by atoms with Gasteiger partial charge in [0.05, 0.1) is 52.4 Å². The second kappa shape index (κ2) is 21.1. The molecule has 0 aliphatic heterocycles. The Morgan fingerprint density at radius 2 is 1.11 bits per heavy atom. The summed E-state index contributed by atoms with van der Waals surface area (Å²) in [5.41, 5.74) is -0.620. The van der Waals surface area contributed by atoms with Crippen molar-refractivity contribution in [2.75, 3.05) is 65.9 Å². The molecule has 0 bridgehead atoms. The zero-order valence-electron chi connectivity index (χ0n) is 21.9. The number of amides is 3. The van der Waals surface area contributed by atoms with Gasteiger partial charge in [-0.05, 0) is 20.8 Å². The summed E-state index contributed by atoms with van der Waals surface area (Å²) in [5, 5.41) is 16.2. The van der Waals surface area contributed by atoms with Crippen LogP contribution < -0.4 is 16.0 Å². The Morgan fingerprint density at radius 3 is 1.62 bits per heavy atom. The lowest BCUT2D eigenvalue weighted by Gasteiger charge is -2.19. The van der Waals surface area contributed by atoms with E-state index in [1.54, 1.807) is 20.8 Å². The highest BCUT2D eigenvalue weighted by atomic mass is 16.6. The van der Waals surface area contributed by atoms with Crippen molar-refractivity contribution >= 4 is 29.8 Å². The molecular formula is C23H41N3O11. The van der Waals surface area contributed by atoms with Crippen LogP contribution in [0.25, 0.3) is 0 Å². The highest BCUT2D eigenvalue weighted by molar-refractivity contribution is 5.81. The number of aliphatic hydroxyl groups excluding tert-OH is 1. The number of alkyl carbamates (subject to hydrolysis) is 1. The van der Waals surface area contributed by atoms with E-state index in [0.29, 0.717) is 0 Å². The molecular weight excluding hydrogens is 494 g/mol. The van der Waals surface area contributed by atoms with E-state index in [9.17, 15) is 24.0 Å². The van der Waals surface area contributed by atoms with Crippen LogP contribution in [0.1, 0.15) is 46.5 Å². The van der Waals surface area contributed by atoms with Gasteiger partial charge in [-0.1, -0.05) is 0 Å². The van der Waals surface area contributed by atoms with Crippen LogP contribution in [-0.2, 0) is 42.9 Å². The Kier molecular flexibility index (Phi) is 19.4. The number of nitrogens with one attached hydrogen (secondary N) is 3. The monoisotopic (exact) mass is 535 g/mol. The fourth-order valence-corrected chi connectivity index (χ4v) is 2.39. The predicted octanol–water partition coefficient (Wildman–Crippen LogP) is -0.584. The third kappa shape index (κ3) is 24.5. The minimum absolute atomic E-state index is 0.0117. The molecule has 3 amide bonds. The topological polar surface area (TPSA) is 188 Å². The molecule has 0 unspecified atom stereocenters. The van der Waals surface area contributed by atoms with Crippen molar-refractivity contribution in [1.82, 2.24) is 16.0 Å². The normalized spacial score (nSPS) is 10.8. The summed E-state index contributed by atoms with van der Waals surface area (Å²) < 4.78 is 25.2. The zero-order valence-corrected chi connectivity index (χ0v) is 21.9. The maximum Gasteiger partial charge on any atom is 0.407 e. The summed E-state index contributed by atoms with van der Waals surface area (Å²) in [5.74, 6) is -1.75. The van der Waals surface area contributed by atoms with Gasteiger partial charge >= 0.3 is 18.0 Å². The highest BCUT2D eigenvalue weighted by Gasteiger charge is 2.15. The number of esters is 2. The number of hydrogen-bond acceptors (Lipinski definition) is 11. The number of hydrogen-bond donors (Lipinski definition) is 4. The molecule has 0 fully saturated rings. The molecule has 0 saturated heterocycles. The average Bonchev–Trinajstić information content (AvgIpc) is 2.82. The lowest BCUT2D eigenvalue weighted by Crippen LogP contribution is -2.34. The smallest absolute Gasteiger partial charge is 0.407 e. The molecule has 0 aliphatic carbocycles. The average molecular weight is 536 g/mol. The molecule has 37 heavy (non-hydrogen) atoms. The fourth-order valence-electron chi connectivity index (χ4n) is 2.39. The van der Waals surface area contributed by atoms with E-state index in [4.69, 9.17) is 28.8 Å². The van der Waals surface area contributed by atoms with Crippen LogP contribution in [-0.4, -0.2) is 106 Å². The maximum atomic E-state index is 11.8. The summed E-state index contributed by atoms with van der Waals surface area (Å²) in [6.45, 7) is 6.47. The van der Waals surface area contributed by atoms with Crippen molar-refractivity contribution in [2.24, 2.45) is 0 Å². The van der Waals surface area contributed by atoms with Gasteiger partial charge in [-0.2, -0.15) is 0 Å². The van der Waals surface area contributed by atoms with Gasteiger partial charge in [-0.25, -0.2) is 4.79 Å². The van der Waals surface area contributed by atoms with Gasteiger partial charge in [0, 0.05) is 25.9 Å². The molecule has 0 aromatic heterocycles. The van der Waals surface area contributed by atoms with Gasteiger partial charge in [0.15, 0.2) is 0 Å². The zero-order chi connectivity index (χ0) is 27.9. The fraction of sp³-hybridized carbons (Fsp3) is 0.783. The first kappa shape index (κ1) is 34.0. The van der Waals surface area contributed by atoms with Crippen LogP contribution >= 0.6 is 0 Å². The molecule has 0 atom stereocenters. The minimum Gasteiger partial charge on any atom is -0.464 e. The first-order chi connectivity index (χ1) is 17.5. The van der Waals surface area contributed by atoms with Crippen LogP contribution in [0.5, 0.6) is 0 Å². The van der Waals surface area contributed by atoms with Crippen molar-refractivity contribution in [1.29, 1.82) is 0 Å². The quantitative estimate of drug-likeness (QED) is 0.0887. The van der Waals surface area contributed by atoms with Crippen LogP contribution in [0.4, 0.5) is 4.79 Å². The van der Waals surface area contributed by atoms with E-state index < -0.39 is 23.6 Å². The third-order valence-electron chi connectivity index (χ3n) is 4.01. The Hall–Kier alpha value is -2.97. The van der Waals surface area contributed by atoms with Gasteiger partial charge in [0.1, 0.15) is 18.8 Å². The van der Waals surface area contributed by atoms with Crippen LogP contribution in [0.2, 0.25) is 0 Å². The number of carbonyl (C=O) groups excluding carboxylic acids is 5. The number of carbonyl (C=O) groups is 5. The highest BCUT2D eigenvalue weighted by Crippen LogP contribution is 2.06. The Bertz CT molecular complexity index is 696. The molecule has 0 aromatic rings. The Morgan fingerprint density at radius 1 is 0.622 bits per heavy atom. The van der Waals surface area contributed by atoms with E-state index in [0.717, 1.165) is 0 Å². The first-order valence-corrected chi connectivity index (χ1v) is 12.1. The largest absolute Gasteiger partial charge is 0.464 e. The number of aliphatic hydroxyl groups is 1. The lowest BCUT2D eigenvalue weighted by molar-refractivity contribution is -0.146. The van der Waals surface area contributed by atoms with Gasteiger partial charge in [0.2, 0.25) is 11.8 Å². The third-order valence-corrected chi connectivity index (χ3v) is 4.01. The van der Waals surface area contributed by atoms with E-state index in [-0.39, 0.29) is 103 Å². The van der Waals surface area contributed by atoms with Gasteiger partial charge in [0.25, 0.3) is 0 Å². The molecule has 0 spiro atoms. The summed E-state index contributed by atoms with van der Waals surface area (Å²) in [6.07, 6.45) is -0.852.